The van der Waals surface area contributed by atoms with Crippen LogP contribution in [0.3, 0.4) is 0 Å². The number of hydrogen-bond acceptors (Lipinski definition) is 3. The van der Waals surface area contributed by atoms with E-state index in [4.69, 9.17) is 9.72 Å². The van der Waals surface area contributed by atoms with Crippen LogP contribution in [0.2, 0.25) is 0 Å². The van der Waals surface area contributed by atoms with Crippen molar-refractivity contribution < 1.29 is 4.74 Å². The van der Waals surface area contributed by atoms with Crippen LogP contribution in [0.25, 0.3) is 11.3 Å². The van der Waals surface area contributed by atoms with E-state index < -0.39 is 0 Å². The van der Waals surface area contributed by atoms with Crippen molar-refractivity contribution in [1.29, 1.82) is 0 Å². The van der Waals surface area contributed by atoms with Crippen molar-refractivity contribution in [2.45, 2.75) is 45.6 Å². The zero-order valence-corrected chi connectivity index (χ0v) is 13.8. The minimum atomic E-state index is 0.385. The minimum absolute atomic E-state index is 0.385. The molecule has 1 aromatic carbocycles. The molecular weight excluding hydrogens is 278 g/mol. The van der Waals surface area contributed by atoms with Gasteiger partial charge in [-0.25, -0.2) is 4.98 Å². The maximum Gasteiger partial charge on any atom is 0.0965 e. The zero-order chi connectivity index (χ0) is 14.8. The third-order valence-corrected chi connectivity index (χ3v) is 5.28. The van der Waals surface area contributed by atoms with Gasteiger partial charge in [0.2, 0.25) is 0 Å². The van der Waals surface area contributed by atoms with E-state index in [1.54, 1.807) is 11.3 Å². The van der Waals surface area contributed by atoms with Gasteiger partial charge < -0.3 is 4.74 Å². The number of hydrogen-bond donors (Lipinski definition) is 0. The molecule has 2 aromatic rings. The lowest BCUT2D eigenvalue weighted by atomic mass is 9.91. The van der Waals surface area contributed by atoms with Crippen LogP contribution in [0.15, 0.2) is 29.6 Å². The Hall–Kier alpha value is -1.19. The van der Waals surface area contributed by atoms with Gasteiger partial charge in [-0.2, -0.15) is 0 Å². The highest BCUT2D eigenvalue weighted by atomic mass is 32.1. The Morgan fingerprint density at radius 2 is 2.00 bits per heavy atom. The lowest BCUT2D eigenvalue weighted by Gasteiger charge is -2.30. The molecule has 1 fully saturated rings. The van der Waals surface area contributed by atoms with Gasteiger partial charge in [-0.05, 0) is 25.7 Å². The summed E-state index contributed by atoms with van der Waals surface area (Å²) in [4.78, 5) is 4.89. The first-order chi connectivity index (χ1) is 10.1. The molecule has 0 N–H and O–H groups in total. The largest absolute Gasteiger partial charge is 0.378 e. The predicted molar refractivity (Wildman–Crippen MR) is 88.8 cm³/mol. The van der Waals surface area contributed by atoms with Crippen molar-refractivity contribution in [3.8, 4) is 11.3 Å². The minimum Gasteiger partial charge on any atom is -0.378 e. The molecule has 0 bridgehead atoms. The van der Waals surface area contributed by atoms with E-state index in [0.29, 0.717) is 17.9 Å². The molecule has 0 radical (unpaired) electrons. The average molecular weight is 301 g/mol. The van der Waals surface area contributed by atoms with Gasteiger partial charge in [0, 0.05) is 23.5 Å². The molecule has 0 spiro atoms. The second-order valence-corrected chi connectivity index (χ2v) is 7.20. The topological polar surface area (TPSA) is 22.1 Å². The Balaban J connectivity index is 1.77. The zero-order valence-electron chi connectivity index (χ0n) is 13.0. The fourth-order valence-electron chi connectivity index (χ4n) is 2.85. The first kappa shape index (κ1) is 14.7. The van der Waals surface area contributed by atoms with Crippen LogP contribution in [0.5, 0.6) is 0 Å². The molecule has 0 aliphatic carbocycles. The summed E-state index contributed by atoms with van der Waals surface area (Å²) in [6.07, 6.45) is 2.60. The molecule has 3 rings (SSSR count). The van der Waals surface area contributed by atoms with Gasteiger partial charge in [-0.1, -0.05) is 43.7 Å². The van der Waals surface area contributed by atoms with Crippen molar-refractivity contribution in [3.63, 3.8) is 0 Å². The quantitative estimate of drug-likeness (QED) is 0.792. The van der Waals surface area contributed by atoms with Crippen LogP contribution in [0.4, 0.5) is 0 Å². The van der Waals surface area contributed by atoms with Gasteiger partial charge >= 0.3 is 0 Å². The fourth-order valence-corrected chi connectivity index (χ4v) is 3.83. The molecule has 21 heavy (non-hydrogen) atoms. The van der Waals surface area contributed by atoms with Crippen LogP contribution in [0.1, 0.15) is 43.2 Å². The van der Waals surface area contributed by atoms with Crippen molar-refractivity contribution >= 4 is 11.3 Å². The Kier molecular flexibility index (Phi) is 4.41. The lowest BCUT2D eigenvalue weighted by Crippen LogP contribution is -2.28. The first-order valence-corrected chi connectivity index (χ1v) is 8.65. The van der Waals surface area contributed by atoms with Gasteiger partial charge in [0.05, 0.1) is 16.8 Å². The normalized spacial score (nSPS) is 22.7. The molecule has 2 heterocycles. The Morgan fingerprint density at radius 1 is 1.24 bits per heavy atom. The van der Waals surface area contributed by atoms with Gasteiger partial charge in [0.1, 0.15) is 0 Å². The molecule has 1 aliphatic heterocycles. The van der Waals surface area contributed by atoms with Crippen molar-refractivity contribution in [1.82, 2.24) is 4.98 Å². The van der Waals surface area contributed by atoms with Crippen LogP contribution in [-0.4, -0.2) is 17.7 Å². The lowest BCUT2D eigenvalue weighted by molar-refractivity contribution is -0.0201. The van der Waals surface area contributed by atoms with Crippen LogP contribution in [-0.2, 0) is 4.74 Å². The van der Waals surface area contributed by atoms with Crippen LogP contribution < -0.4 is 0 Å². The number of ether oxygens (including phenoxy) is 1. The van der Waals surface area contributed by atoms with Gasteiger partial charge in [0.25, 0.3) is 0 Å². The number of rotatable bonds is 3. The average Bonchev–Trinajstić information content (AvgIpc) is 2.98. The molecule has 1 aromatic heterocycles. The Bertz CT molecular complexity index is 588. The summed E-state index contributed by atoms with van der Waals surface area (Å²) >= 11 is 1.80. The molecule has 1 aliphatic rings. The third-order valence-electron chi connectivity index (χ3n) is 4.28. The maximum atomic E-state index is 5.87. The molecule has 3 heteroatoms. The van der Waals surface area contributed by atoms with E-state index in [0.717, 1.165) is 25.1 Å². The maximum absolute atomic E-state index is 5.87. The van der Waals surface area contributed by atoms with Crippen molar-refractivity contribution in [3.05, 3.63) is 40.2 Å². The first-order valence-electron chi connectivity index (χ1n) is 7.77. The number of aryl methyl sites for hydroxylation is 1. The SMILES string of the molecule is Cc1ccc(-c2csc(C3CCOC(C(C)C)C3)n2)cc1. The summed E-state index contributed by atoms with van der Waals surface area (Å²) in [5.41, 5.74) is 3.62. The molecule has 2 atom stereocenters. The summed E-state index contributed by atoms with van der Waals surface area (Å²) in [5.74, 6) is 1.15. The van der Waals surface area contributed by atoms with E-state index in [9.17, 15) is 0 Å². The molecule has 2 unspecified atom stereocenters. The molecule has 2 nitrogen and oxygen atoms in total. The van der Waals surface area contributed by atoms with Gasteiger partial charge in [-0.3, -0.25) is 0 Å². The van der Waals surface area contributed by atoms with Crippen molar-refractivity contribution in [2.75, 3.05) is 6.61 Å². The van der Waals surface area contributed by atoms with Gasteiger partial charge in [0.15, 0.2) is 0 Å². The highest BCUT2D eigenvalue weighted by Crippen LogP contribution is 2.35. The summed E-state index contributed by atoms with van der Waals surface area (Å²) in [6, 6.07) is 8.62. The summed E-state index contributed by atoms with van der Waals surface area (Å²) in [5, 5.41) is 3.47. The van der Waals surface area contributed by atoms with Crippen molar-refractivity contribution in [2.24, 2.45) is 5.92 Å². The summed E-state index contributed by atoms with van der Waals surface area (Å²) < 4.78 is 5.87. The Morgan fingerprint density at radius 3 is 2.71 bits per heavy atom. The van der Waals surface area contributed by atoms with E-state index >= 15 is 0 Å². The number of nitrogens with zero attached hydrogens (tertiary/aromatic N) is 1. The second kappa shape index (κ2) is 6.29. The molecule has 0 saturated carbocycles. The molecule has 0 amide bonds. The van der Waals surface area contributed by atoms with E-state index in [2.05, 4.69) is 50.4 Å². The van der Waals surface area contributed by atoms with E-state index in [1.807, 2.05) is 0 Å². The number of benzene rings is 1. The van der Waals surface area contributed by atoms with E-state index in [1.165, 1.54) is 16.1 Å². The predicted octanol–water partition coefficient (Wildman–Crippen LogP) is 5.04. The molecular formula is C18H23NOS. The fraction of sp³-hybridized carbons (Fsp3) is 0.500. The summed E-state index contributed by atoms with van der Waals surface area (Å²) in [7, 11) is 0. The smallest absolute Gasteiger partial charge is 0.0965 e. The monoisotopic (exact) mass is 301 g/mol. The molecule has 112 valence electrons. The number of thiazole rings is 1. The van der Waals surface area contributed by atoms with Gasteiger partial charge in [-0.15, -0.1) is 11.3 Å². The third kappa shape index (κ3) is 3.35. The number of aromatic nitrogens is 1. The van der Waals surface area contributed by atoms with E-state index in [-0.39, 0.29) is 0 Å². The highest BCUT2D eigenvalue weighted by Gasteiger charge is 2.27. The van der Waals surface area contributed by atoms with Crippen LogP contribution in [0, 0.1) is 12.8 Å². The highest BCUT2D eigenvalue weighted by molar-refractivity contribution is 7.10. The Labute approximate surface area is 131 Å². The second-order valence-electron chi connectivity index (χ2n) is 6.31. The summed E-state index contributed by atoms with van der Waals surface area (Å²) in [6.45, 7) is 7.47. The standard InChI is InChI=1S/C18H23NOS/c1-12(2)17-10-15(8-9-20-17)18-19-16(11-21-18)14-6-4-13(3)5-7-14/h4-7,11-12,15,17H,8-10H2,1-3H3. The molecule has 1 saturated heterocycles. The van der Waals surface area contributed by atoms with Crippen LogP contribution >= 0.6 is 11.3 Å².